The van der Waals surface area contributed by atoms with Gasteiger partial charge in [-0.2, -0.15) is 0 Å². The molecule has 7 nitrogen and oxygen atoms in total. The van der Waals surface area contributed by atoms with Crippen LogP contribution in [-0.4, -0.2) is 46.7 Å². The summed E-state index contributed by atoms with van der Waals surface area (Å²) in [6, 6.07) is 5.95. The van der Waals surface area contributed by atoms with Crippen LogP contribution in [0.2, 0.25) is 0 Å². The van der Waals surface area contributed by atoms with Crippen molar-refractivity contribution in [2.24, 2.45) is 5.73 Å². The highest BCUT2D eigenvalue weighted by molar-refractivity contribution is 5.85. The molecule has 2 aliphatic heterocycles. The van der Waals surface area contributed by atoms with E-state index in [9.17, 15) is 4.79 Å². The standard InChI is InChI=1S/C19H27N5O2/c20-19(25)26-16-8-4-7-15-17(16)22-18(14-6-5-9-21-14)24(15)13-12-23-10-2-1-3-11-23/h4,7-8,14,21H,1-3,5-6,9-13H2,(H2,20,25). The molecule has 26 heavy (non-hydrogen) atoms. The number of para-hydroxylation sites is 1. The van der Waals surface area contributed by atoms with E-state index in [1.165, 1.54) is 32.4 Å². The van der Waals surface area contributed by atoms with Gasteiger partial charge >= 0.3 is 6.09 Å². The molecule has 2 aromatic rings. The van der Waals surface area contributed by atoms with Crippen LogP contribution in [-0.2, 0) is 6.54 Å². The van der Waals surface area contributed by atoms with Gasteiger partial charge in [0.1, 0.15) is 11.3 Å². The number of hydrogen-bond acceptors (Lipinski definition) is 5. The third-order valence-corrected chi connectivity index (χ3v) is 5.44. The van der Waals surface area contributed by atoms with E-state index in [4.69, 9.17) is 15.5 Å². The number of nitrogens with two attached hydrogens (primary N) is 1. The Morgan fingerprint density at radius 1 is 1.23 bits per heavy atom. The Balaban J connectivity index is 1.67. The Bertz CT molecular complexity index is 776. The van der Waals surface area contributed by atoms with Gasteiger partial charge in [-0.25, -0.2) is 9.78 Å². The van der Waals surface area contributed by atoms with Gasteiger partial charge < -0.3 is 25.3 Å². The Labute approximate surface area is 153 Å². The smallest absolute Gasteiger partial charge is 0.408 e. The molecule has 3 heterocycles. The minimum Gasteiger partial charge on any atom is -0.408 e. The summed E-state index contributed by atoms with van der Waals surface area (Å²) < 4.78 is 7.48. The van der Waals surface area contributed by atoms with Gasteiger partial charge in [0.2, 0.25) is 0 Å². The Kier molecular flexibility index (Phi) is 5.08. The zero-order chi connectivity index (χ0) is 17.9. The lowest BCUT2D eigenvalue weighted by Crippen LogP contribution is -2.33. The summed E-state index contributed by atoms with van der Waals surface area (Å²) in [5.74, 6) is 1.47. The molecule has 0 aliphatic carbocycles. The Morgan fingerprint density at radius 3 is 2.81 bits per heavy atom. The molecule has 2 saturated heterocycles. The minimum atomic E-state index is -0.805. The molecule has 0 spiro atoms. The van der Waals surface area contributed by atoms with Crippen LogP contribution in [0.4, 0.5) is 4.79 Å². The summed E-state index contributed by atoms with van der Waals surface area (Å²) in [5.41, 5.74) is 6.94. The molecule has 3 N–H and O–H groups in total. The quantitative estimate of drug-likeness (QED) is 0.858. The normalized spacial score (nSPS) is 21.3. The van der Waals surface area contributed by atoms with Crippen LogP contribution in [0.15, 0.2) is 18.2 Å². The molecule has 1 unspecified atom stereocenters. The van der Waals surface area contributed by atoms with Gasteiger partial charge in [0.25, 0.3) is 0 Å². The number of benzene rings is 1. The van der Waals surface area contributed by atoms with E-state index in [0.717, 1.165) is 43.8 Å². The average molecular weight is 357 g/mol. The number of primary amides is 1. The highest BCUT2D eigenvalue weighted by atomic mass is 16.5. The highest BCUT2D eigenvalue weighted by Crippen LogP contribution is 2.31. The SMILES string of the molecule is NC(=O)Oc1cccc2c1nc(C1CCCN1)n2CCN1CCCCC1. The largest absolute Gasteiger partial charge is 0.410 e. The van der Waals surface area contributed by atoms with E-state index in [1.54, 1.807) is 6.07 Å². The topological polar surface area (TPSA) is 85.4 Å². The van der Waals surface area contributed by atoms with E-state index >= 15 is 0 Å². The summed E-state index contributed by atoms with van der Waals surface area (Å²) in [7, 11) is 0. The van der Waals surface area contributed by atoms with Gasteiger partial charge in [0.05, 0.1) is 11.6 Å². The van der Waals surface area contributed by atoms with Crippen molar-refractivity contribution in [1.29, 1.82) is 0 Å². The second-order valence-corrected chi connectivity index (χ2v) is 7.22. The highest BCUT2D eigenvalue weighted by Gasteiger charge is 2.25. The summed E-state index contributed by atoms with van der Waals surface area (Å²) in [6.45, 7) is 5.29. The molecule has 1 aromatic carbocycles. The number of ether oxygens (including phenoxy) is 1. The number of nitrogens with one attached hydrogen (secondary N) is 1. The van der Waals surface area contributed by atoms with Crippen molar-refractivity contribution in [2.45, 2.75) is 44.7 Å². The predicted octanol–water partition coefficient (Wildman–Crippen LogP) is 2.40. The van der Waals surface area contributed by atoms with Crippen LogP contribution >= 0.6 is 0 Å². The first kappa shape index (κ1) is 17.3. The summed E-state index contributed by atoms with van der Waals surface area (Å²) in [6.07, 6.45) is 5.36. The van der Waals surface area contributed by atoms with E-state index < -0.39 is 6.09 Å². The molecule has 140 valence electrons. The third-order valence-electron chi connectivity index (χ3n) is 5.44. The van der Waals surface area contributed by atoms with E-state index in [0.29, 0.717) is 11.3 Å². The number of carbonyl (C=O) groups excluding carboxylic acids is 1. The summed E-state index contributed by atoms with van der Waals surface area (Å²) in [4.78, 5) is 18.6. The first-order valence-electron chi connectivity index (χ1n) is 9.64. The van der Waals surface area contributed by atoms with Gasteiger partial charge in [-0.05, 0) is 57.5 Å². The lowest BCUT2D eigenvalue weighted by atomic mass is 10.1. The third kappa shape index (κ3) is 3.54. The molecule has 4 rings (SSSR count). The lowest BCUT2D eigenvalue weighted by Gasteiger charge is -2.27. The number of nitrogens with zero attached hydrogens (tertiary/aromatic N) is 3. The zero-order valence-corrected chi connectivity index (χ0v) is 15.1. The second kappa shape index (κ2) is 7.63. The van der Waals surface area contributed by atoms with Crippen LogP contribution in [0.25, 0.3) is 11.0 Å². The van der Waals surface area contributed by atoms with Crippen molar-refractivity contribution in [3.8, 4) is 5.75 Å². The first-order valence-corrected chi connectivity index (χ1v) is 9.64. The van der Waals surface area contributed by atoms with Gasteiger partial charge in [-0.1, -0.05) is 12.5 Å². The number of likely N-dealkylation sites (tertiary alicyclic amines) is 1. The maximum atomic E-state index is 11.2. The number of fused-ring (bicyclic) bond motifs is 1. The van der Waals surface area contributed by atoms with Crippen LogP contribution < -0.4 is 15.8 Å². The Hall–Kier alpha value is -2.12. The summed E-state index contributed by atoms with van der Waals surface area (Å²) in [5, 5.41) is 3.54. The van der Waals surface area contributed by atoms with Crippen LogP contribution in [0.3, 0.4) is 0 Å². The fourth-order valence-corrected chi connectivity index (χ4v) is 4.16. The van der Waals surface area contributed by atoms with Crippen molar-refractivity contribution in [2.75, 3.05) is 26.2 Å². The van der Waals surface area contributed by atoms with Gasteiger partial charge in [-0.15, -0.1) is 0 Å². The van der Waals surface area contributed by atoms with Gasteiger partial charge in [0, 0.05) is 13.1 Å². The van der Waals surface area contributed by atoms with Crippen molar-refractivity contribution in [3.63, 3.8) is 0 Å². The molecule has 7 heteroatoms. The van der Waals surface area contributed by atoms with Gasteiger partial charge in [0.15, 0.2) is 5.75 Å². The second-order valence-electron chi connectivity index (χ2n) is 7.22. The van der Waals surface area contributed by atoms with Crippen molar-refractivity contribution < 1.29 is 9.53 Å². The van der Waals surface area contributed by atoms with E-state index in [1.807, 2.05) is 12.1 Å². The van der Waals surface area contributed by atoms with Gasteiger partial charge in [-0.3, -0.25) is 0 Å². The molecule has 1 aromatic heterocycles. The van der Waals surface area contributed by atoms with Crippen LogP contribution in [0, 0.1) is 0 Å². The molecule has 0 radical (unpaired) electrons. The molecule has 1 atom stereocenters. The molecule has 1 amide bonds. The maximum Gasteiger partial charge on any atom is 0.410 e. The number of rotatable bonds is 5. The van der Waals surface area contributed by atoms with E-state index in [-0.39, 0.29) is 6.04 Å². The molecule has 0 saturated carbocycles. The summed E-state index contributed by atoms with van der Waals surface area (Å²) >= 11 is 0. The zero-order valence-electron chi connectivity index (χ0n) is 15.1. The van der Waals surface area contributed by atoms with E-state index in [2.05, 4.69) is 14.8 Å². The van der Waals surface area contributed by atoms with Crippen molar-refractivity contribution in [3.05, 3.63) is 24.0 Å². The maximum absolute atomic E-state index is 11.2. The monoisotopic (exact) mass is 357 g/mol. The average Bonchev–Trinajstić information content (AvgIpc) is 3.28. The molecular formula is C19H27N5O2. The number of piperidine rings is 1. The Morgan fingerprint density at radius 2 is 2.08 bits per heavy atom. The molecule has 2 fully saturated rings. The molecule has 2 aliphatic rings. The molecular weight excluding hydrogens is 330 g/mol. The van der Waals surface area contributed by atoms with Crippen molar-refractivity contribution in [1.82, 2.24) is 19.8 Å². The minimum absolute atomic E-state index is 0.255. The number of imidazole rings is 1. The molecule has 0 bridgehead atoms. The van der Waals surface area contributed by atoms with Crippen LogP contribution in [0.1, 0.15) is 44.0 Å². The number of amides is 1. The predicted molar refractivity (Wildman–Crippen MR) is 100 cm³/mol. The number of aromatic nitrogens is 2. The number of hydrogen-bond donors (Lipinski definition) is 2. The number of carbonyl (C=O) groups is 1. The van der Waals surface area contributed by atoms with Crippen molar-refractivity contribution >= 4 is 17.1 Å². The fraction of sp³-hybridized carbons (Fsp3) is 0.579. The lowest BCUT2D eigenvalue weighted by molar-refractivity contribution is 0.211. The fourth-order valence-electron chi connectivity index (χ4n) is 4.16. The first-order chi connectivity index (χ1) is 12.7. The van der Waals surface area contributed by atoms with Crippen LogP contribution in [0.5, 0.6) is 5.75 Å².